The van der Waals surface area contributed by atoms with Gasteiger partial charge in [-0.3, -0.25) is 0 Å². The maximum absolute atomic E-state index is 5.48. The highest BCUT2D eigenvalue weighted by molar-refractivity contribution is 5.75. The van der Waals surface area contributed by atoms with Gasteiger partial charge in [-0.2, -0.15) is 0 Å². The van der Waals surface area contributed by atoms with E-state index in [0.29, 0.717) is 12.4 Å². The molecule has 0 atom stereocenters. The molecular weight excluding hydrogens is 412 g/mol. The largest absolute Gasteiger partial charge is 0.496 e. The quantitative estimate of drug-likeness (QED) is 0.359. The van der Waals surface area contributed by atoms with Crippen LogP contribution in [0.1, 0.15) is 5.56 Å². The Morgan fingerprint density at radius 3 is 2.64 bits per heavy atom. The fourth-order valence-corrected chi connectivity index (χ4v) is 3.94. The normalized spacial score (nSPS) is 10.8. The van der Waals surface area contributed by atoms with Gasteiger partial charge in [0.25, 0.3) is 0 Å². The third-order valence-electron chi connectivity index (χ3n) is 5.57. The van der Waals surface area contributed by atoms with Gasteiger partial charge in [0.1, 0.15) is 17.9 Å². The van der Waals surface area contributed by atoms with Crippen molar-refractivity contribution in [3.05, 3.63) is 91.0 Å². The molecule has 7 heteroatoms. The van der Waals surface area contributed by atoms with Gasteiger partial charge in [0.05, 0.1) is 36.7 Å². The van der Waals surface area contributed by atoms with Crippen molar-refractivity contribution < 1.29 is 4.74 Å². The molecule has 164 valence electrons. The number of rotatable bonds is 7. The van der Waals surface area contributed by atoms with Crippen molar-refractivity contribution in [1.82, 2.24) is 19.5 Å². The molecule has 0 aliphatic heterocycles. The van der Waals surface area contributed by atoms with Crippen LogP contribution in [-0.2, 0) is 6.54 Å². The topological polar surface area (TPSA) is 76.9 Å². The molecule has 0 saturated heterocycles. The maximum atomic E-state index is 5.48. The molecule has 2 heterocycles. The van der Waals surface area contributed by atoms with E-state index in [-0.39, 0.29) is 0 Å². The van der Waals surface area contributed by atoms with Gasteiger partial charge in [0.2, 0.25) is 0 Å². The zero-order valence-corrected chi connectivity index (χ0v) is 18.5. The number of ether oxygens (including phenoxy) is 1. The smallest absolute Gasteiger partial charge is 0.134 e. The Hall–Kier alpha value is -4.39. The van der Waals surface area contributed by atoms with E-state index >= 15 is 0 Å². The Bertz CT molecular complexity index is 1410. The van der Waals surface area contributed by atoms with E-state index in [4.69, 9.17) is 4.74 Å². The van der Waals surface area contributed by atoms with E-state index in [2.05, 4.69) is 48.4 Å². The molecule has 7 nitrogen and oxygen atoms in total. The summed E-state index contributed by atoms with van der Waals surface area (Å²) in [5.41, 5.74) is 6.96. The van der Waals surface area contributed by atoms with E-state index in [9.17, 15) is 0 Å². The molecule has 2 aromatic heterocycles. The average Bonchev–Trinajstić information content (AvgIpc) is 3.27. The number of fused-ring (bicyclic) bond motifs is 1. The van der Waals surface area contributed by atoms with Crippen LogP contribution in [0.3, 0.4) is 0 Å². The molecule has 0 saturated carbocycles. The van der Waals surface area contributed by atoms with Crippen molar-refractivity contribution in [3.63, 3.8) is 0 Å². The highest BCUT2D eigenvalue weighted by atomic mass is 16.5. The van der Waals surface area contributed by atoms with Gasteiger partial charge in [-0.05, 0) is 48.0 Å². The number of nitrogens with zero attached hydrogens (tertiary/aromatic N) is 4. The maximum Gasteiger partial charge on any atom is 0.134 e. The van der Waals surface area contributed by atoms with Gasteiger partial charge in [-0.25, -0.2) is 15.0 Å². The van der Waals surface area contributed by atoms with Crippen LogP contribution in [0, 0.1) is 0 Å². The first-order valence-electron chi connectivity index (χ1n) is 10.7. The number of hydrogen-bond acceptors (Lipinski definition) is 6. The zero-order chi connectivity index (χ0) is 22.6. The molecule has 0 aliphatic carbocycles. The predicted molar refractivity (Wildman–Crippen MR) is 132 cm³/mol. The Morgan fingerprint density at radius 1 is 0.909 bits per heavy atom. The zero-order valence-electron chi connectivity index (χ0n) is 18.5. The highest BCUT2D eigenvalue weighted by Crippen LogP contribution is 2.30. The summed E-state index contributed by atoms with van der Waals surface area (Å²) in [6, 6.07) is 24.1. The van der Waals surface area contributed by atoms with E-state index in [1.807, 2.05) is 68.0 Å². The third-order valence-corrected chi connectivity index (χ3v) is 5.57. The summed E-state index contributed by atoms with van der Waals surface area (Å²) in [6.07, 6.45) is 3.44. The van der Waals surface area contributed by atoms with Crippen LogP contribution in [0.25, 0.3) is 22.3 Å². The average molecular weight is 437 g/mol. The first-order valence-corrected chi connectivity index (χ1v) is 10.7. The van der Waals surface area contributed by atoms with Gasteiger partial charge in [-0.15, -0.1) is 0 Å². The lowest BCUT2D eigenvalue weighted by Crippen LogP contribution is -2.04. The van der Waals surface area contributed by atoms with Crippen LogP contribution < -0.4 is 15.4 Å². The molecule has 5 rings (SSSR count). The fourth-order valence-electron chi connectivity index (χ4n) is 3.94. The number of benzene rings is 3. The first-order chi connectivity index (χ1) is 16.2. The number of methoxy groups -OCH3 is 1. The number of anilines is 3. The van der Waals surface area contributed by atoms with Crippen LogP contribution in [0.2, 0.25) is 0 Å². The summed E-state index contributed by atoms with van der Waals surface area (Å²) in [5.74, 6) is 1.48. The minimum Gasteiger partial charge on any atom is -0.496 e. The van der Waals surface area contributed by atoms with Crippen LogP contribution in [0.4, 0.5) is 17.2 Å². The second kappa shape index (κ2) is 9.00. The monoisotopic (exact) mass is 436 g/mol. The first kappa shape index (κ1) is 20.5. The van der Waals surface area contributed by atoms with Crippen molar-refractivity contribution in [2.45, 2.75) is 6.54 Å². The second-order valence-electron chi connectivity index (χ2n) is 7.60. The molecule has 0 amide bonds. The predicted octanol–water partition coefficient (Wildman–Crippen LogP) is 5.34. The summed E-state index contributed by atoms with van der Waals surface area (Å²) in [7, 11) is 3.59. The van der Waals surface area contributed by atoms with Gasteiger partial charge in [0.15, 0.2) is 0 Å². The lowest BCUT2D eigenvalue weighted by molar-refractivity contribution is 0.416. The van der Waals surface area contributed by atoms with Crippen molar-refractivity contribution >= 4 is 28.2 Å². The molecule has 2 N–H and O–H groups in total. The number of nitrogens with one attached hydrogen (secondary N) is 2. The Kier molecular flexibility index (Phi) is 5.59. The summed E-state index contributed by atoms with van der Waals surface area (Å²) in [6.45, 7) is 0.697. The number of hydrogen-bond donors (Lipinski definition) is 2. The van der Waals surface area contributed by atoms with Gasteiger partial charge < -0.3 is 19.9 Å². The van der Waals surface area contributed by atoms with Crippen molar-refractivity contribution in [2.24, 2.45) is 0 Å². The van der Waals surface area contributed by atoms with Crippen molar-refractivity contribution in [3.8, 4) is 17.0 Å². The molecule has 0 radical (unpaired) electrons. The Balaban J connectivity index is 1.44. The molecule has 3 aromatic carbocycles. The molecule has 33 heavy (non-hydrogen) atoms. The molecule has 0 unspecified atom stereocenters. The molecule has 0 fully saturated rings. The molecule has 0 spiro atoms. The van der Waals surface area contributed by atoms with Gasteiger partial charge in [0, 0.05) is 30.1 Å². The standard InChI is InChI=1S/C26H24N6O/c1-27-21-12-11-19(13-18(21)15-32-17-30-22-8-4-5-9-24(22)32)31-26-14-23(28-16-29-26)20-7-3-6-10-25(20)33-2/h3-14,16-17,27H,15H2,1-2H3,(H,28,29,31). The lowest BCUT2D eigenvalue weighted by Gasteiger charge is -2.14. The van der Waals surface area contributed by atoms with Crippen LogP contribution in [-0.4, -0.2) is 33.7 Å². The number of aromatic nitrogens is 4. The summed E-state index contributed by atoms with van der Waals surface area (Å²) < 4.78 is 7.64. The molecule has 0 bridgehead atoms. The van der Waals surface area contributed by atoms with E-state index < -0.39 is 0 Å². The Labute approximate surface area is 192 Å². The van der Waals surface area contributed by atoms with E-state index in [1.165, 1.54) is 0 Å². The van der Waals surface area contributed by atoms with E-state index in [0.717, 1.165) is 45.0 Å². The van der Waals surface area contributed by atoms with Gasteiger partial charge in [-0.1, -0.05) is 24.3 Å². The Morgan fingerprint density at radius 2 is 1.76 bits per heavy atom. The highest BCUT2D eigenvalue weighted by Gasteiger charge is 2.10. The van der Waals surface area contributed by atoms with Crippen LogP contribution in [0.5, 0.6) is 5.75 Å². The molecule has 5 aromatic rings. The third kappa shape index (κ3) is 4.21. The minimum absolute atomic E-state index is 0.697. The van der Waals surface area contributed by atoms with Gasteiger partial charge >= 0.3 is 0 Å². The second-order valence-corrected chi connectivity index (χ2v) is 7.60. The minimum atomic E-state index is 0.697. The van der Waals surface area contributed by atoms with Crippen molar-refractivity contribution in [1.29, 1.82) is 0 Å². The fraction of sp³-hybridized carbons (Fsp3) is 0.115. The van der Waals surface area contributed by atoms with Crippen LogP contribution in [0.15, 0.2) is 85.5 Å². The summed E-state index contributed by atoms with van der Waals surface area (Å²) in [5, 5.41) is 6.70. The number of imidazole rings is 1. The molecule has 0 aliphatic rings. The SMILES string of the molecule is CNc1ccc(Nc2cc(-c3ccccc3OC)ncn2)cc1Cn1cnc2ccccc21. The van der Waals surface area contributed by atoms with Crippen molar-refractivity contribution in [2.75, 3.05) is 24.8 Å². The van der Waals surface area contributed by atoms with E-state index in [1.54, 1.807) is 13.4 Å². The van der Waals surface area contributed by atoms with Crippen LogP contribution >= 0.6 is 0 Å². The lowest BCUT2D eigenvalue weighted by atomic mass is 10.1. The summed E-state index contributed by atoms with van der Waals surface area (Å²) >= 11 is 0. The summed E-state index contributed by atoms with van der Waals surface area (Å²) in [4.78, 5) is 13.4. The molecular formula is C26H24N6O. The number of para-hydroxylation sites is 3.